The lowest BCUT2D eigenvalue weighted by Crippen LogP contribution is -2.59. The predicted octanol–water partition coefficient (Wildman–Crippen LogP) is 3.39. The molecule has 4 fully saturated rings. The number of aliphatic hydroxyl groups is 2. The van der Waals surface area contributed by atoms with Crippen molar-refractivity contribution in [3.8, 4) is 0 Å². The average Bonchev–Trinajstić information content (AvgIpc) is 3.24. The Bertz CT molecular complexity index is 950. The van der Waals surface area contributed by atoms with Gasteiger partial charge in [-0.05, 0) is 66.6 Å². The predicted molar refractivity (Wildman–Crippen MR) is 149 cm³/mol. The monoisotopic (exact) mass is 617 g/mol. The van der Waals surface area contributed by atoms with Crippen molar-refractivity contribution in [3.05, 3.63) is 12.2 Å². The summed E-state index contributed by atoms with van der Waals surface area (Å²) in [5.41, 5.74) is -1.17. The van der Waals surface area contributed by atoms with Gasteiger partial charge >= 0.3 is 5.97 Å². The van der Waals surface area contributed by atoms with Crippen molar-refractivity contribution in [1.29, 1.82) is 0 Å². The Kier molecular flexibility index (Phi) is 8.77. The van der Waals surface area contributed by atoms with Gasteiger partial charge < -0.3 is 38.8 Å². The minimum atomic E-state index is -1.15. The molecule has 0 amide bonds. The van der Waals surface area contributed by atoms with E-state index in [1.807, 2.05) is 53.6 Å². The topological polar surface area (TPSA) is 107 Å². The molecule has 3 bridgehead atoms. The number of likely N-dealkylation sites (N-methyl/N-ethyl adjacent to an activating group) is 1. The molecule has 2 N–H and O–H groups in total. The number of halogens is 1. The molecule has 4 saturated heterocycles. The smallest absolute Gasteiger partial charge is 0.311 e. The summed E-state index contributed by atoms with van der Waals surface area (Å²) in [6.45, 7) is 17.7. The van der Waals surface area contributed by atoms with Gasteiger partial charge in [0.05, 0.1) is 34.7 Å². The average molecular weight is 619 g/mol. The lowest BCUT2D eigenvalue weighted by Gasteiger charge is -2.47. The molecule has 0 radical (unpaired) electrons. The zero-order valence-corrected chi connectivity index (χ0v) is 26.4. The zero-order chi connectivity index (χ0) is 29.2. The Morgan fingerprint density at radius 2 is 1.77 bits per heavy atom. The van der Waals surface area contributed by atoms with E-state index in [0.29, 0.717) is 19.3 Å². The third kappa shape index (κ3) is 5.05. The number of aliphatic hydroxyl groups excluding tert-OH is 2. The zero-order valence-electron chi connectivity index (χ0n) is 24.8. The quantitative estimate of drug-likeness (QED) is 0.279. The summed E-state index contributed by atoms with van der Waals surface area (Å²) in [6.07, 6.45) is -2.73. The van der Waals surface area contributed by atoms with Crippen LogP contribution in [0.4, 0.5) is 0 Å². The van der Waals surface area contributed by atoms with Crippen molar-refractivity contribution in [2.75, 3.05) is 14.1 Å². The summed E-state index contributed by atoms with van der Waals surface area (Å²) in [5, 5.41) is 22.8. The first-order valence-corrected chi connectivity index (χ1v) is 15.2. The van der Waals surface area contributed by atoms with Crippen molar-refractivity contribution in [1.82, 2.24) is 4.90 Å². The lowest BCUT2D eigenvalue weighted by atomic mass is 9.78. The number of ether oxygens (including phenoxy) is 5. The number of esters is 1. The minimum absolute atomic E-state index is 0.121. The second-order valence-electron chi connectivity index (χ2n) is 13.0. The van der Waals surface area contributed by atoms with Crippen LogP contribution in [0.15, 0.2) is 12.2 Å². The maximum Gasteiger partial charge on any atom is 0.311 e. The van der Waals surface area contributed by atoms with E-state index in [9.17, 15) is 15.0 Å². The van der Waals surface area contributed by atoms with Gasteiger partial charge in [0.2, 0.25) is 0 Å². The standard InChI is InChI=1S/C29H48BrNO8/c1-11-20-28(8)23(30)18(6)29(39-28)14(2)13-27(7,38-29)24(16(4)21(32)17(5)25(34)36-20)37-26-22(33)19(31(9)10)12-15(3)35-26/h14-17,19-24,26,32-33H,6,11-13H2,1-5,7-10H3/t14-,15-,16+,17-,19+,20-,21+,22-,23-,24-,26+,27-,28-,29?/m1/s1. The SMILES string of the molecule is C=C1[C@@H](Br)[C@]2(C)OC13O[C@](C)(C[C@H]3C)[C@H](O[C@@H]1O[C@H](C)C[C@H](N(C)C)[C@H]1O)[C@@H](C)[C@H](O)[C@@H](C)C(=O)O[C@@H]2CC. The number of carbonyl (C=O) groups is 1. The third-order valence-electron chi connectivity index (χ3n) is 9.70. The van der Waals surface area contributed by atoms with Gasteiger partial charge in [0, 0.05) is 17.9 Å². The summed E-state index contributed by atoms with van der Waals surface area (Å²) >= 11 is 3.80. The third-order valence-corrected chi connectivity index (χ3v) is 11.2. The van der Waals surface area contributed by atoms with Crippen LogP contribution in [0.1, 0.15) is 67.7 Å². The molecule has 14 atom stereocenters. The van der Waals surface area contributed by atoms with Gasteiger partial charge in [0.1, 0.15) is 17.8 Å². The number of carbonyl (C=O) groups excluding carboxylic acids is 1. The van der Waals surface area contributed by atoms with Crippen LogP contribution in [0, 0.1) is 17.8 Å². The highest BCUT2D eigenvalue weighted by Gasteiger charge is 2.69. The number of fused-ring (bicyclic) bond motifs is 2. The van der Waals surface area contributed by atoms with Crippen LogP contribution in [0.2, 0.25) is 0 Å². The highest BCUT2D eigenvalue weighted by molar-refractivity contribution is 9.09. The normalized spacial score (nSPS) is 52.9. The van der Waals surface area contributed by atoms with E-state index < -0.39 is 65.5 Å². The Hall–Kier alpha value is -0.590. The fourth-order valence-electron chi connectivity index (χ4n) is 7.35. The molecule has 4 heterocycles. The second-order valence-corrected chi connectivity index (χ2v) is 13.9. The Labute approximate surface area is 241 Å². The lowest BCUT2D eigenvalue weighted by molar-refractivity contribution is -0.326. The molecule has 10 heteroatoms. The summed E-state index contributed by atoms with van der Waals surface area (Å²) in [4.78, 5) is 15.0. The summed E-state index contributed by atoms with van der Waals surface area (Å²) in [5.74, 6) is -3.19. The highest BCUT2D eigenvalue weighted by atomic mass is 79.9. The van der Waals surface area contributed by atoms with E-state index in [4.69, 9.17) is 23.7 Å². The van der Waals surface area contributed by atoms with E-state index in [1.165, 1.54) is 0 Å². The number of rotatable bonds is 4. The van der Waals surface area contributed by atoms with Gasteiger partial charge in [0.15, 0.2) is 12.1 Å². The van der Waals surface area contributed by atoms with Crippen molar-refractivity contribution < 1.29 is 38.7 Å². The Morgan fingerprint density at radius 3 is 2.36 bits per heavy atom. The van der Waals surface area contributed by atoms with Crippen LogP contribution in [0.3, 0.4) is 0 Å². The minimum Gasteiger partial charge on any atom is -0.459 e. The van der Waals surface area contributed by atoms with E-state index in [0.717, 1.165) is 5.57 Å². The fourth-order valence-corrected chi connectivity index (χ4v) is 8.06. The van der Waals surface area contributed by atoms with Crippen LogP contribution in [-0.4, -0.2) is 99.8 Å². The highest BCUT2D eigenvalue weighted by Crippen LogP contribution is 2.59. The van der Waals surface area contributed by atoms with Gasteiger partial charge in [-0.3, -0.25) is 4.79 Å². The Morgan fingerprint density at radius 1 is 1.13 bits per heavy atom. The molecule has 4 aliphatic rings. The molecule has 0 saturated carbocycles. The van der Waals surface area contributed by atoms with E-state index in [1.54, 1.807) is 6.92 Å². The molecular weight excluding hydrogens is 570 g/mol. The van der Waals surface area contributed by atoms with Gasteiger partial charge in [-0.1, -0.05) is 43.3 Å². The molecule has 0 aliphatic carbocycles. The maximum absolute atomic E-state index is 13.4. The number of nitrogens with zero attached hydrogens (tertiary/aromatic N) is 1. The van der Waals surface area contributed by atoms with Crippen LogP contribution in [0.5, 0.6) is 0 Å². The summed E-state index contributed by atoms with van der Waals surface area (Å²) in [6, 6.07) is -0.166. The molecule has 9 nitrogen and oxygen atoms in total. The molecule has 39 heavy (non-hydrogen) atoms. The fraction of sp³-hybridized carbons (Fsp3) is 0.897. The molecule has 1 unspecified atom stereocenters. The molecule has 4 rings (SSSR count). The number of alkyl halides is 1. The molecule has 224 valence electrons. The first kappa shape index (κ1) is 31.3. The van der Waals surface area contributed by atoms with Crippen LogP contribution in [-0.2, 0) is 28.5 Å². The molecule has 0 aromatic rings. The van der Waals surface area contributed by atoms with Gasteiger partial charge in [-0.25, -0.2) is 0 Å². The number of cyclic esters (lactones) is 1. The molecule has 0 aromatic heterocycles. The second kappa shape index (κ2) is 10.9. The molecule has 1 spiro atoms. The van der Waals surface area contributed by atoms with Gasteiger partial charge in [-0.2, -0.15) is 0 Å². The van der Waals surface area contributed by atoms with Crippen LogP contribution >= 0.6 is 15.9 Å². The van der Waals surface area contributed by atoms with Gasteiger partial charge in [-0.15, -0.1) is 0 Å². The van der Waals surface area contributed by atoms with Crippen LogP contribution in [0.25, 0.3) is 0 Å². The van der Waals surface area contributed by atoms with E-state index in [-0.39, 0.29) is 22.9 Å². The molecular formula is C29H48BrNO8. The van der Waals surface area contributed by atoms with Crippen molar-refractivity contribution in [3.63, 3.8) is 0 Å². The van der Waals surface area contributed by atoms with Crippen molar-refractivity contribution in [2.24, 2.45) is 17.8 Å². The first-order valence-electron chi connectivity index (χ1n) is 14.3. The van der Waals surface area contributed by atoms with E-state index in [2.05, 4.69) is 29.4 Å². The van der Waals surface area contributed by atoms with E-state index >= 15 is 0 Å². The Balaban J connectivity index is 1.79. The summed E-state index contributed by atoms with van der Waals surface area (Å²) in [7, 11) is 3.84. The maximum atomic E-state index is 13.4. The van der Waals surface area contributed by atoms with Crippen LogP contribution < -0.4 is 0 Å². The number of hydrogen-bond donors (Lipinski definition) is 2. The molecule has 4 aliphatic heterocycles. The summed E-state index contributed by atoms with van der Waals surface area (Å²) < 4.78 is 32.6. The van der Waals surface area contributed by atoms with Crippen molar-refractivity contribution >= 4 is 21.9 Å². The van der Waals surface area contributed by atoms with Gasteiger partial charge in [0.25, 0.3) is 0 Å². The molecule has 0 aromatic carbocycles. The number of hydrogen-bond acceptors (Lipinski definition) is 9. The largest absolute Gasteiger partial charge is 0.459 e. The first-order chi connectivity index (χ1) is 18.0. The van der Waals surface area contributed by atoms with Crippen molar-refractivity contribution in [2.45, 2.75) is 132 Å².